The van der Waals surface area contributed by atoms with E-state index in [-0.39, 0.29) is 0 Å². The number of hydrogen-bond acceptors (Lipinski definition) is 3. The molecule has 4 fully saturated rings. The first kappa shape index (κ1) is 14.5. The summed E-state index contributed by atoms with van der Waals surface area (Å²) in [5.41, 5.74) is 0. The smallest absolute Gasteiger partial charge is 0.0146 e. The molecule has 0 aromatic carbocycles. The van der Waals surface area contributed by atoms with E-state index in [1.807, 2.05) is 0 Å². The summed E-state index contributed by atoms with van der Waals surface area (Å²) in [6, 6.07) is 1.81. The van der Waals surface area contributed by atoms with E-state index in [0.717, 1.165) is 29.8 Å². The van der Waals surface area contributed by atoms with Crippen molar-refractivity contribution in [1.82, 2.24) is 14.7 Å². The fourth-order valence-electron chi connectivity index (χ4n) is 5.94. The van der Waals surface area contributed by atoms with Crippen LogP contribution >= 0.6 is 0 Å². The molecule has 0 amide bonds. The summed E-state index contributed by atoms with van der Waals surface area (Å²) in [5.74, 6) is 2.99. The van der Waals surface area contributed by atoms with Crippen molar-refractivity contribution in [3.8, 4) is 0 Å². The lowest BCUT2D eigenvalue weighted by molar-refractivity contribution is 0.0138. The molecule has 120 valence electrons. The molecule has 0 N–H and O–H groups in total. The highest BCUT2D eigenvalue weighted by Crippen LogP contribution is 2.46. The Morgan fingerprint density at radius 3 is 2.05 bits per heavy atom. The third-order valence-electron chi connectivity index (χ3n) is 7.05. The van der Waals surface area contributed by atoms with E-state index in [0.29, 0.717) is 0 Å². The number of likely N-dealkylation sites (tertiary alicyclic amines) is 1. The van der Waals surface area contributed by atoms with Crippen LogP contribution in [0.4, 0.5) is 0 Å². The Hall–Kier alpha value is -0.120. The van der Waals surface area contributed by atoms with Gasteiger partial charge in [-0.1, -0.05) is 13.3 Å². The number of rotatable bonds is 2. The van der Waals surface area contributed by atoms with Crippen molar-refractivity contribution in [2.45, 2.75) is 51.1 Å². The molecule has 4 aliphatic rings. The van der Waals surface area contributed by atoms with Gasteiger partial charge in [0, 0.05) is 44.8 Å². The number of fused-ring (bicyclic) bond motifs is 2. The number of hydrogen-bond donors (Lipinski definition) is 0. The van der Waals surface area contributed by atoms with Gasteiger partial charge >= 0.3 is 0 Å². The molecule has 3 heteroatoms. The Morgan fingerprint density at radius 2 is 1.48 bits per heavy atom. The number of nitrogens with zero attached hydrogens (tertiary/aromatic N) is 3. The van der Waals surface area contributed by atoms with E-state index in [4.69, 9.17) is 0 Å². The average molecular weight is 291 g/mol. The summed E-state index contributed by atoms with van der Waals surface area (Å²) in [7, 11) is 2.28. The molecule has 0 unspecified atom stereocenters. The summed E-state index contributed by atoms with van der Waals surface area (Å²) >= 11 is 0. The quantitative estimate of drug-likeness (QED) is 0.772. The van der Waals surface area contributed by atoms with Gasteiger partial charge < -0.3 is 4.90 Å². The normalized spacial score (nSPS) is 46.3. The first-order valence-corrected chi connectivity index (χ1v) is 9.37. The maximum Gasteiger partial charge on any atom is 0.0146 e. The molecule has 2 saturated carbocycles. The molecule has 2 heterocycles. The van der Waals surface area contributed by atoms with E-state index in [2.05, 4.69) is 28.7 Å². The van der Waals surface area contributed by atoms with Crippen LogP contribution in [0.1, 0.15) is 39.0 Å². The van der Waals surface area contributed by atoms with Crippen molar-refractivity contribution < 1.29 is 0 Å². The van der Waals surface area contributed by atoms with Crippen molar-refractivity contribution in [2.24, 2.45) is 17.8 Å². The van der Waals surface area contributed by atoms with Gasteiger partial charge in [0.25, 0.3) is 0 Å². The molecular weight excluding hydrogens is 258 g/mol. The molecule has 0 aromatic heterocycles. The zero-order valence-electron chi connectivity index (χ0n) is 14.0. The van der Waals surface area contributed by atoms with Gasteiger partial charge in [0.15, 0.2) is 0 Å². The Morgan fingerprint density at radius 1 is 0.762 bits per heavy atom. The van der Waals surface area contributed by atoms with E-state index < -0.39 is 0 Å². The van der Waals surface area contributed by atoms with Crippen molar-refractivity contribution in [2.75, 3.05) is 46.3 Å². The summed E-state index contributed by atoms with van der Waals surface area (Å²) in [6.07, 6.45) is 7.52. The Labute approximate surface area is 130 Å². The third-order valence-corrected chi connectivity index (χ3v) is 7.05. The van der Waals surface area contributed by atoms with Crippen LogP contribution in [0.3, 0.4) is 0 Å². The molecule has 2 aliphatic heterocycles. The minimum absolute atomic E-state index is 0.845. The van der Waals surface area contributed by atoms with Gasteiger partial charge in [-0.2, -0.15) is 0 Å². The SMILES string of the molecule is C[C@@H]1CN(C)CC[C@H]1N1CCN([C@@H]2C[C@H]3CC[C@H]2C3)CC1. The molecule has 21 heavy (non-hydrogen) atoms. The molecule has 2 saturated heterocycles. The Balaban J connectivity index is 1.30. The molecule has 0 spiro atoms. The van der Waals surface area contributed by atoms with Gasteiger partial charge in [-0.05, 0) is 57.0 Å². The first-order chi connectivity index (χ1) is 10.2. The Bertz CT molecular complexity index is 363. The zero-order valence-corrected chi connectivity index (χ0v) is 14.0. The predicted molar refractivity (Wildman–Crippen MR) is 87.4 cm³/mol. The van der Waals surface area contributed by atoms with E-state index in [1.165, 1.54) is 65.0 Å². The fourth-order valence-corrected chi connectivity index (χ4v) is 5.94. The van der Waals surface area contributed by atoms with Crippen LogP contribution in [0.25, 0.3) is 0 Å². The number of piperazine rings is 1. The van der Waals surface area contributed by atoms with Gasteiger partial charge in [-0.15, -0.1) is 0 Å². The molecular formula is C18H33N3. The van der Waals surface area contributed by atoms with Crippen LogP contribution < -0.4 is 0 Å². The Kier molecular flexibility index (Phi) is 4.01. The average Bonchev–Trinajstić information content (AvgIpc) is 3.10. The number of piperidine rings is 1. The highest BCUT2D eigenvalue weighted by atomic mass is 15.3. The summed E-state index contributed by atoms with van der Waals surface area (Å²) in [5, 5.41) is 0. The zero-order chi connectivity index (χ0) is 14.4. The highest BCUT2D eigenvalue weighted by molar-refractivity contribution is 4.97. The van der Waals surface area contributed by atoms with Crippen molar-refractivity contribution in [3.63, 3.8) is 0 Å². The first-order valence-electron chi connectivity index (χ1n) is 9.37. The van der Waals surface area contributed by atoms with E-state index in [1.54, 1.807) is 6.42 Å². The monoisotopic (exact) mass is 291 g/mol. The van der Waals surface area contributed by atoms with Crippen LogP contribution in [-0.4, -0.2) is 73.1 Å². The lowest BCUT2D eigenvalue weighted by Gasteiger charge is -2.47. The highest BCUT2D eigenvalue weighted by Gasteiger charge is 2.43. The van der Waals surface area contributed by atoms with Gasteiger partial charge in [0.1, 0.15) is 0 Å². The summed E-state index contributed by atoms with van der Waals surface area (Å²) in [6.45, 7) is 10.4. The second-order valence-corrected chi connectivity index (χ2v) is 8.41. The maximum atomic E-state index is 2.86. The van der Waals surface area contributed by atoms with Crippen LogP contribution in [0.15, 0.2) is 0 Å². The predicted octanol–water partition coefficient (Wildman–Crippen LogP) is 2.13. The molecule has 4 rings (SSSR count). The van der Waals surface area contributed by atoms with E-state index >= 15 is 0 Å². The van der Waals surface area contributed by atoms with Crippen LogP contribution in [0.5, 0.6) is 0 Å². The molecule has 0 aromatic rings. The van der Waals surface area contributed by atoms with E-state index in [9.17, 15) is 0 Å². The molecule has 5 atom stereocenters. The second kappa shape index (κ2) is 5.82. The molecule has 3 nitrogen and oxygen atoms in total. The largest absolute Gasteiger partial charge is 0.306 e. The van der Waals surface area contributed by atoms with Gasteiger partial charge in [-0.25, -0.2) is 0 Å². The minimum Gasteiger partial charge on any atom is -0.306 e. The maximum absolute atomic E-state index is 2.86. The molecule has 2 aliphatic carbocycles. The topological polar surface area (TPSA) is 9.72 Å². The summed E-state index contributed by atoms with van der Waals surface area (Å²) in [4.78, 5) is 8.19. The molecule has 2 bridgehead atoms. The van der Waals surface area contributed by atoms with Crippen molar-refractivity contribution >= 4 is 0 Å². The van der Waals surface area contributed by atoms with Crippen molar-refractivity contribution in [3.05, 3.63) is 0 Å². The standard InChI is InChI=1S/C18H33N3/c1-14-13-19(2)6-5-17(14)20-7-9-21(10-8-20)18-12-15-3-4-16(18)11-15/h14-18H,3-13H2,1-2H3/t14-,15+,16+,17-,18-/m1/s1. The lowest BCUT2D eigenvalue weighted by atomic mass is 9.91. The van der Waals surface area contributed by atoms with Gasteiger partial charge in [0.05, 0.1) is 0 Å². The third kappa shape index (κ3) is 2.77. The fraction of sp³-hybridized carbons (Fsp3) is 1.00. The van der Waals surface area contributed by atoms with Gasteiger partial charge in [0.2, 0.25) is 0 Å². The van der Waals surface area contributed by atoms with Crippen LogP contribution in [0, 0.1) is 17.8 Å². The second-order valence-electron chi connectivity index (χ2n) is 8.41. The minimum atomic E-state index is 0.845. The van der Waals surface area contributed by atoms with Crippen molar-refractivity contribution in [1.29, 1.82) is 0 Å². The van der Waals surface area contributed by atoms with Crippen LogP contribution in [0.2, 0.25) is 0 Å². The lowest BCUT2D eigenvalue weighted by Crippen LogP contribution is -2.57. The van der Waals surface area contributed by atoms with Crippen LogP contribution in [-0.2, 0) is 0 Å². The van der Waals surface area contributed by atoms with Gasteiger partial charge in [-0.3, -0.25) is 9.80 Å². The molecule has 0 radical (unpaired) electrons. The summed E-state index contributed by atoms with van der Waals surface area (Å²) < 4.78 is 0.